The fourth-order valence-electron chi connectivity index (χ4n) is 0.878. The Morgan fingerprint density at radius 1 is 1.77 bits per heavy atom. The second-order valence-corrected chi connectivity index (χ2v) is 3.00. The molecule has 1 amide bonds. The van der Waals surface area contributed by atoms with E-state index in [1.165, 1.54) is 6.08 Å². The zero-order valence-electron chi connectivity index (χ0n) is 7.82. The first-order chi connectivity index (χ1) is 6.13. The Balaban J connectivity index is 2.69. The van der Waals surface area contributed by atoms with Crippen LogP contribution in [0.1, 0.15) is 19.9 Å². The Morgan fingerprint density at radius 3 is 2.92 bits per heavy atom. The van der Waals surface area contributed by atoms with Crippen molar-refractivity contribution in [2.75, 3.05) is 5.32 Å². The van der Waals surface area contributed by atoms with Crippen LogP contribution in [0.4, 0.5) is 5.69 Å². The molecule has 1 rings (SSSR count). The molecule has 0 aromatic carbocycles. The van der Waals surface area contributed by atoms with Gasteiger partial charge in [-0.05, 0) is 19.9 Å². The van der Waals surface area contributed by atoms with Gasteiger partial charge in [-0.15, -0.1) is 0 Å². The minimum Gasteiger partial charge on any atom is -0.320 e. The molecular weight excluding hydrogens is 166 g/mol. The summed E-state index contributed by atoms with van der Waals surface area (Å²) >= 11 is 0. The first kappa shape index (κ1) is 9.51. The molecule has 0 unspecified atom stereocenters. The molecule has 13 heavy (non-hydrogen) atoms. The maximum Gasteiger partial charge on any atom is 0.247 e. The molecule has 0 aliphatic carbocycles. The van der Waals surface area contributed by atoms with Crippen molar-refractivity contribution in [3.8, 4) is 0 Å². The Kier molecular flexibility index (Phi) is 2.84. The van der Waals surface area contributed by atoms with Crippen LogP contribution in [-0.4, -0.2) is 15.7 Å². The largest absolute Gasteiger partial charge is 0.320 e. The summed E-state index contributed by atoms with van der Waals surface area (Å²) in [6, 6.07) is 0.300. The van der Waals surface area contributed by atoms with Gasteiger partial charge in [-0.25, -0.2) is 0 Å². The van der Waals surface area contributed by atoms with Crippen LogP contribution >= 0.6 is 0 Å². The van der Waals surface area contributed by atoms with Gasteiger partial charge in [0.15, 0.2) is 0 Å². The summed E-state index contributed by atoms with van der Waals surface area (Å²) < 4.78 is 1.78. The van der Waals surface area contributed by atoms with Gasteiger partial charge in [0.2, 0.25) is 5.91 Å². The lowest BCUT2D eigenvalue weighted by Gasteiger charge is -2.02. The average molecular weight is 179 g/mol. The minimum absolute atomic E-state index is 0.219. The van der Waals surface area contributed by atoms with E-state index in [-0.39, 0.29) is 5.91 Å². The van der Waals surface area contributed by atoms with Crippen LogP contribution in [0.15, 0.2) is 25.0 Å². The van der Waals surface area contributed by atoms with Crippen molar-refractivity contribution in [1.29, 1.82) is 0 Å². The number of hydrogen-bond acceptors (Lipinski definition) is 2. The van der Waals surface area contributed by atoms with Gasteiger partial charge in [0.25, 0.3) is 0 Å². The molecule has 0 atom stereocenters. The summed E-state index contributed by atoms with van der Waals surface area (Å²) in [6.07, 6.45) is 4.63. The molecule has 1 heterocycles. The van der Waals surface area contributed by atoms with Gasteiger partial charge in [-0.2, -0.15) is 5.10 Å². The van der Waals surface area contributed by atoms with Crippen molar-refractivity contribution >= 4 is 11.6 Å². The summed E-state index contributed by atoms with van der Waals surface area (Å²) in [7, 11) is 0. The highest BCUT2D eigenvalue weighted by Crippen LogP contribution is 2.09. The normalized spacial score (nSPS) is 10.1. The van der Waals surface area contributed by atoms with E-state index < -0.39 is 0 Å². The van der Waals surface area contributed by atoms with E-state index in [1.807, 2.05) is 13.8 Å². The van der Waals surface area contributed by atoms with Gasteiger partial charge in [0.1, 0.15) is 0 Å². The third-order valence-electron chi connectivity index (χ3n) is 1.58. The lowest BCUT2D eigenvalue weighted by atomic mass is 10.4. The monoisotopic (exact) mass is 179 g/mol. The lowest BCUT2D eigenvalue weighted by Crippen LogP contribution is -2.06. The highest BCUT2D eigenvalue weighted by molar-refractivity contribution is 5.98. The van der Waals surface area contributed by atoms with Crippen molar-refractivity contribution in [3.63, 3.8) is 0 Å². The molecule has 1 aromatic heterocycles. The standard InChI is InChI=1S/C9H13N3O/c1-4-9(13)11-8-5-10-12(6-8)7(2)3/h4-7H,1H2,2-3H3,(H,11,13). The highest BCUT2D eigenvalue weighted by atomic mass is 16.1. The number of aromatic nitrogens is 2. The number of anilines is 1. The Hall–Kier alpha value is -1.58. The smallest absolute Gasteiger partial charge is 0.247 e. The van der Waals surface area contributed by atoms with Gasteiger partial charge in [-0.1, -0.05) is 6.58 Å². The Bertz CT molecular complexity index is 314. The van der Waals surface area contributed by atoms with E-state index in [2.05, 4.69) is 17.0 Å². The van der Waals surface area contributed by atoms with Crippen LogP contribution in [0.5, 0.6) is 0 Å². The molecule has 0 bridgehead atoms. The fraction of sp³-hybridized carbons (Fsp3) is 0.333. The van der Waals surface area contributed by atoms with Gasteiger partial charge >= 0.3 is 0 Å². The summed E-state index contributed by atoms with van der Waals surface area (Å²) in [6.45, 7) is 7.40. The van der Waals surface area contributed by atoms with Crippen LogP contribution in [0.2, 0.25) is 0 Å². The molecule has 0 saturated carbocycles. The highest BCUT2D eigenvalue weighted by Gasteiger charge is 2.02. The molecular formula is C9H13N3O. The van der Waals surface area contributed by atoms with Gasteiger partial charge in [-0.3, -0.25) is 9.48 Å². The molecule has 4 heteroatoms. The van der Waals surface area contributed by atoms with Crippen LogP contribution < -0.4 is 5.32 Å². The summed E-state index contributed by atoms with van der Waals surface area (Å²) in [5, 5.41) is 6.70. The number of carbonyl (C=O) groups excluding carboxylic acids is 1. The molecule has 0 aliphatic heterocycles. The van der Waals surface area contributed by atoms with Crippen LogP contribution in [0.25, 0.3) is 0 Å². The van der Waals surface area contributed by atoms with Gasteiger partial charge < -0.3 is 5.32 Å². The fourth-order valence-corrected chi connectivity index (χ4v) is 0.878. The Morgan fingerprint density at radius 2 is 2.46 bits per heavy atom. The molecule has 70 valence electrons. The average Bonchev–Trinajstić information content (AvgIpc) is 2.52. The minimum atomic E-state index is -0.219. The number of carbonyl (C=O) groups is 1. The van der Waals surface area contributed by atoms with Gasteiger partial charge in [0, 0.05) is 12.2 Å². The summed E-state index contributed by atoms with van der Waals surface area (Å²) in [5.41, 5.74) is 0.693. The molecule has 0 radical (unpaired) electrons. The second kappa shape index (κ2) is 3.89. The first-order valence-corrected chi connectivity index (χ1v) is 4.11. The summed E-state index contributed by atoms with van der Waals surface area (Å²) in [5.74, 6) is -0.219. The molecule has 4 nitrogen and oxygen atoms in total. The van der Waals surface area contributed by atoms with Crippen molar-refractivity contribution in [2.45, 2.75) is 19.9 Å². The number of nitrogens with one attached hydrogen (secondary N) is 1. The molecule has 0 spiro atoms. The van der Waals surface area contributed by atoms with Crippen LogP contribution in [-0.2, 0) is 4.79 Å². The van der Waals surface area contributed by atoms with E-state index >= 15 is 0 Å². The van der Waals surface area contributed by atoms with Crippen LogP contribution in [0.3, 0.4) is 0 Å². The molecule has 1 N–H and O–H groups in total. The first-order valence-electron chi connectivity index (χ1n) is 4.11. The van der Waals surface area contributed by atoms with E-state index in [9.17, 15) is 4.79 Å². The van der Waals surface area contributed by atoms with E-state index in [0.29, 0.717) is 11.7 Å². The Labute approximate surface area is 77.3 Å². The SMILES string of the molecule is C=CC(=O)Nc1cnn(C(C)C)c1. The number of rotatable bonds is 3. The van der Waals surface area contributed by atoms with E-state index in [0.717, 1.165) is 0 Å². The van der Waals surface area contributed by atoms with E-state index in [4.69, 9.17) is 0 Å². The van der Waals surface area contributed by atoms with Gasteiger partial charge in [0.05, 0.1) is 11.9 Å². The van der Waals surface area contributed by atoms with Crippen molar-refractivity contribution in [1.82, 2.24) is 9.78 Å². The number of hydrogen-bond donors (Lipinski definition) is 1. The second-order valence-electron chi connectivity index (χ2n) is 3.00. The van der Waals surface area contributed by atoms with Crippen molar-refractivity contribution in [3.05, 3.63) is 25.0 Å². The summed E-state index contributed by atoms with van der Waals surface area (Å²) in [4.78, 5) is 10.9. The quantitative estimate of drug-likeness (QED) is 0.716. The maximum atomic E-state index is 10.9. The zero-order chi connectivity index (χ0) is 9.84. The maximum absolute atomic E-state index is 10.9. The predicted octanol–water partition coefficient (Wildman–Crippen LogP) is 1.59. The van der Waals surface area contributed by atoms with Crippen molar-refractivity contribution < 1.29 is 4.79 Å². The van der Waals surface area contributed by atoms with E-state index in [1.54, 1.807) is 17.1 Å². The molecule has 0 aliphatic rings. The zero-order valence-corrected chi connectivity index (χ0v) is 7.82. The molecule has 0 saturated heterocycles. The predicted molar refractivity (Wildman–Crippen MR) is 51.4 cm³/mol. The third kappa shape index (κ3) is 2.43. The van der Waals surface area contributed by atoms with Crippen molar-refractivity contribution in [2.24, 2.45) is 0 Å². The van der Waals surface area contributed by atoms with Crippen LogP contribution in [0, 0.1) is 0 Å². The lowest BCUT2D eigenvalue weighted by molar-refractivity contribution is -0.111. The number of nitrogens with zero attached hydrogens (tertiary/aromatic N) is 2. The third-order valence-corrected chi connectivity index (χ3v) is 1.58. The topological polar surface area (TPSA) is 46.9 Å². The molecule has 1 aromatic rings. The molecule has 0 fully saturated rings. The number of amides is 1.